The molecule has 1 unspecified atom stereocenters. The molecular formula is C21H34N4O3. The second kappa shape index (κ2) is 10.5. The normalized spacial score (nSPS) is 21.0. The number of aryl methyl sites for hydroxylation is 1. The predicted molar refractivity (Wildman–Crippen MR) is 112 cm³/mol. The summed E-state index contributed by atoms with van der Waals surface area (Å²) in [6, 6.07) is 6.75. The number of methoxy groups -OCH3 is 2. The van der Waals surface area contributed by atoms with Crippen LogP contribution in [0.2, 0.25) is 0 Å². The van der Waals surface area contributed by atoms with Crippen LogP contribution in [-0.4, -0.2) is 89.0 Å². The summed E-state index contributed by atoms with van der Waals surface area (Å²) in [4.78, 5) is 9.44. The van der Waals surface area contributed by atoms with Crippen LogP contribution in [0, 0.1) is 0 Å². The average Bonchev–Trinajstić information content (AvgIpc) is 3.24. The van der Waals surface area contributed by atoms with Crippen molar-refractivity contribution in [3.8, 4) is 11.5 Å². The molecular weight excluding hydrogens is 356 g/mol. The van der Waals surface area contributed by atoms with E-state index in [0.29, 0.717) is 6.04 Å². The molecule has 156 valence electrons. The van der Waals surface area contributed by atoms with Crippen LogP contribution in [0.5, 0.6) is 11.5 Å². The van der Waals surface area contributed by atoms with Crippen molar-refractivity contribution in [3.05, 3.63) is 23.8 Å². The Hall–Kier alpha value is -1.99. The molecule has 2 aliphatic rings. The fourth-order valence-corrected chi connectivity index (χ4v) is 4.04. The van der Waals surface area contributed by atoms with Crippen molar-refractivity contribution in [1.82, 2.24) is 15.1 Å². The van der Waals surface area contributed by atoms with E-state index in [4.69, 9.17) is 14.2 Å². The number of aliphatic imine (C=N–C) groups is 1. The molecule has 0 spiro atoms. The third-order valence-corrected chi connectivity index (χ3v) is 5.61. The number of guanidine groups is 1. The van der Waals surface area contributed by atoms with Crippen LogP contribution in [0.25, 0.3) is 0 Å². The van der Waals surface area contributed by atoms with E-state index in [-0.39, 0.29) is 0 Å². The largest absolute Gasteiger partial charge is 0.493 e. The highest BCUT2D eigenvalue weighted by atomic mass is 16.5. The molecule has 2 fully saturated rings. The Labute approximate surface area is 168 Å². The Balaban J connectivity index is 1.42. The van der Waals surface area contributed by atoms with Crippen LogP contribution in [0.15, 0.2) is 23.2 Å². The number of nitrogens with zero attached hydrogens (tertiary/aromatic N) is 3. The maximum atomic E-state index is 5.48. The first-order chi connectivity index (χ1) is 13.7. The van der Waals surface area contributed by atoms with Crippen molar-refractivity contribution < 1.29 is 14.2 Å². The van der Waals surface area contributed by atoms with E-state index in [1.54, 1.807) is 14.2 Å². The summed E-state index contributed by atoms with van der Waals surface area (Å²) in [5, 5.41) is 3.53. The molecule has 0 saturated carbocycles. The van der Waals surface area contributed by atoms with Gasteiger partial charge in [0.15, 0.2) is 17.5 Å². The fourth-order valence-electron chi connectivity index (χ4n) is 4.04. The molecule has 2 saturated heterocycles. The van der Waals surface area contributed by atoms with E-state index in [0.717, 1.165) is 76.2 Å². The Morgan fingerprint density at radius 3 is 2.68 bits per heavy atom. The fraction of sp³-hybridized carbons (Fsp3) is 0.667. The van der Waals surface area contributed by atoms with Gasteiger partial charge in [-0.2, -0.15) is 0 Å². The molecule has 0 bridgehead atoms. The van der Waals surface area contributed by atoms with Gasteiger partial charge < -0.3 is 24.4 Å². The summed E-state index contributed by atoms with van der Waals surface area (Å²) >= 11 is 0. The van der Waals surface area contributed by atoms with Crippen LogP contribution in [0.1, 0.15) is 18.4 Å². The van der Waals surface area contributed by atoms with E-state index in [2.05, 4.69) is 32.2 Å². The smallest absolute Gasteiger partial charge is 0.193 e. The highest BCUT2D eigenvalue weighted by Gasteiger charge is 2.30. The molecule has 1 atom stereocenters. The van der Waals surface area contributed by atoms with Gasteiger partial charge in [-0.3, -0.25) is 9.89 Å². The molecule has 0 aromatic heterocycles. The SMILES string of the molecule is CN=C(NCCCc1ccc(OC)c(OC)c1)N1CCC(N2CCOCC2)C1. The zero-order valence-corrected chi connectivity index (χ0v) is 17.4. The minimum Gasteiger partial charge on any atom is -0.493 e. The van der Waals surface area contributed by atoms with Gasteiger partial charge >= 0.3 is 0 Å². The first-order valence-corrected chi connectivity index (χ1v) is 10.2. The van der Waals surface area contributed by atoms with Gasteiger partial charge in [-0.15, -0.1) is 0 Å². The monoisotopic (exact) mass is 390 g/mol. The van der Waals surface area contributed by atoms with Crippen LogP contribution in [0.3, 0.4) is 0 Å². The van der Waals surface area contributed by atoms with Gasteiger partial charge in [0.25, 0.3) is 0 Å². The highest BCUT2D eigenvalue weighted by Crippen LogP contribution is 2.27. The average molecular weight is 391 g/mol. The van der Waals surface area contributed by atoms with Gasteiger partial charge in [-0.05, 0) is 37.0 Å². The Morgan fingerprint density at radius 1 is 1.18 bits per heavy atom. The third kappa shape index (κ3) is 5.29. The molecule has 28 heavy (non-hydrogen) atoms. The number of nitrogens with one attached hydrogen (secondary N) is 1. The number of rotatable bonds is 7. The van der Waals surface area contributed by atoms with Gasteiger partial charge in [0, 0.05) is 45.8 Å². The van der Waals surface area contributed by atoms with Gasteiger partial charge in [-0.1, -0.05) is 6.07 Å². The van der Waals surface area contributed by atoms with Crippen molar-refractivity contribution >= 4 is 5.96 Å². The molecule has 7 nitrogen and oxygen atoms in total. The molecule has 7 heteroatoms. The molecule has 2 aliphatic heterocycles. The molecule has 0 aliphatic carbocycles. The second-order valence-corrected chi connectivity index (χ2v) is 7.30. The van der Waals surface area contributed by atoms with Gasteiger partial charge in [0.05, 0.1) is 27.4 Å². The maximum Gasteiger partial charge on any atom is 0.193 e. The number of hydrogen-bond donors (Lipinski definition) is 1. The van der Waals surface area contributed by atoms with Crippen molar-refractivity contribution in [2.75, 3.05) is 67.2 Å². The zero-order chi connectivity index (χ0) is 19.8. The van der Waals surface area contributed by atoms with Crippen LogP contribution in [0.4, 0.5) is 0 Å². The minimum atomic E-state index is 0.620. The lowest BCUT2D eigenvalue weighted by atomic mass is 10.1. The number of benzene rings is 1. The van der Waals surface area contributed by atoms with E-state index >= 15 is 0 Å². The van der Waals surface area contributed by atoms with Gasteiger partial charge in [0.1, 0.15) is 0 Å². The summed E-state index contributed by atoms with van der Waals surface area (Å²) in [7, 11) is 5.21. The number of morpholine rings is 1. The third-order valence-electron chi connectivity index (χ3n) is 5.61. The summed E-state index contributed by atoms with van der Waals surface area (Å²) in [6.07, 6.45) is 3.22. The van der Waals surface area contributed by atoms with E-state index in [1.807, 2.05) is 13.1 Å². The minimum absolute atomic E-state index is 0.620. The van der Waals surface area contributed by atoms with Gasteiger partial charge in [0.2, 0.25) is 0 Å². The predicted octanol–water partition coefficient (Wildman–Crippen LogP) is 1.62. The van der Waals surface area contributed by atoms with E-state index in [1.165, 1.54) is 12.0 Å². The van der Waals surface area contributed by atoms with Crippen molar-refractivity contribution in [1.29, 1.82) is 0 Å². The highest BCUT2D eigenvalue weighted by molar-refractivity contribution is 5.80. The number of hydrogen-bond acceptors (Lipinski definition) is 5. The summed E-state index contributed by atoms with van der Waals surface area (Å²) in [6.45, 7) is 6.84. The zero-order valence-electron chi connectivity index (χ0n) is 17.4. The molecule has 3 rings (SSSR count). The summed E-state index contributed by atoms with van der Waals surface area (Å²) < 4.78 is 16.2. The van der Waals surface area contributed by atoms with Crippen LogP contribution in [-0.2, 0) is 11.2 Å². The summed E-state index contributed by atoms with van der Waals surface area (Å²) in [5.74, 6) is 2.58. The standard InChI is InChI=1S/C21H34N4O3/c1-22-21(25-10-8-18(16-25)24-11-13-28-14-12-24)23-9-4-5-17-6-7-19(26-2)20(15-17)27-3/h6-7,15,18H,4-5,8-14,16H2,1-3H3,(H,22,23). The van der Waals surface area contributed by atoms with Crippen molar-refractivity contribution in [3.63, 3.8) is 0 Å². The summed E-state index contributed by atoms with van der Waals surface area (Å²) in [5.41, 5.74) is 1.25. The number of ether oxygens (including phenoxy) is 3. The van der Waals surface area contributed by atoms with E-state index < -0.39 is 0 Å². The molecule has 2 heterocycles. The first-order valence-electron chi connectivity index (χ1n) is 10.2. The molecule has 0 radical (unpaired) electrons. The molecule has 1 N–H and O–H groups in total. The van der Waals surface area contributed by atoms with Crippen LogP contribution >= 0.6 is 0 Å². The molecule has 1 aromatic rings. The quantitative estimate of drug-likeness (QED) is 0.434. The molecule has 0 amide bonds. The second-order valence-electron chi connectivity index (χ2n) is 7.30. The lowest BCUT2D eigenvalue weighted by Gasteiger charge is -2.32. The number of likely N-dealkylation sites (tertiary alicyclic amines) is 1. The van der Waals surface area contributed by atoms with Crippen molar-refractivity contribution in [2.45, 2.75) is 25.3 Å². The van der Waals surface area contributed by atoms with Gasteiger partial charge in [-0.25, -0.2) is 0 Å². The van der Waals surface area contributed by atoms with Crippen molar-refractivity contribution in [2.24, 2.45) is 4.99 Å². The van der Waals surface area contributed by atoms with Crippen LogP contribution < -0.4 is 14.8 Å². The Bertz CT molecular complexity index is 647. The van der Waals surface area contributed by atoms with E-state index in [9.17, 15) is 0 Å². The lowest BCUT2D eigenvalue weighted by molar-refractivity contribution is 0.0195. The first kappa shape index (κ1) is 20.7. The lowest BCUT2D eigenvalue weighted by Crippen LogP contribution is -2.46. The Kier molecular flexibility index (Phi) is 7.80. The molecule has 1 aromatic carbocycles. The Morgan fingerprint density at radius 2 is 1.96 bits per heavy atom. The maximum absolute atomic E-state index is 5.48. The topological polar surface area (TPSA) is 58.6 Å².